The van der Waals surface area contributed by atoms with Crippen LogP contribution in [-0.2, 0) is 30.3 Å². The number of benzene rings is 2. The molecule has 0 spiro atoms. The van der Waals surface area contributed by atoms with Gasteiger partial charge >= 0.3 is 6.09 Å². The smallest absolute Gasteiger partial charge is 0.407 e. The number of alkyl carbamates (subject to hydrolysis) is 1. The summed E-state index contributed by atoms with van der Waals surface area (Å²) in [5, 5.41) is 5.28. The van der Waals surface area contributed by atoms with Crippen LogP contribution in [0.25, 0.3) is 22.5 Å². The monoisotopic (exact) mass is 756 g/mol. The van der Waals surface area contributed by atoms with E-state index in [2.05, 4.69) is 67.9 Å². The van der Waals surface area contributed by atoms with Gasteiger partial charge in [-0.1, -0.05) is 77.1 Å². The number of carbonyl (C=O) groups excluding carboxylic acids is 4. The maximum atomic E-state index is 13.4. The number of carbonyl (C=O) groups is 4. The van der Waals surface area contributed by atoms with E-state index in [-0.39, 0.29) is 30.3 Å². The Labute approximate surface area is 324 Å². The van der Waals surface area contributed by atoms with Crippen LogP contribution < -0.4 is 16.4 Å². The maximum absolute atomic E-state index is 13.4. The number of hydrogen-bond donors (Lipinski definition) is 5. The lowest BCUT2D eigenvalue weighted by atomic mass is 10.0. The lowest BCUT2D eigenvalue weighted by molar-refractivity contribution is -0.135. The Morgan fingerprint density at radius 1 is 0.945 bits per heavy atom. The fourth-order valence-corrected chi connectivity index (χ4v) is 5.32. The minimum Gasteiger partial charge on any atom is -0.471 e. The quantitative estimate of drug-likeness (QED) is 0.104. The SMILES string of the molecule is CCC.CCc1ncc(-c2ccc(C#Cc3ccc(-c4cnc(C5CCCN5C(=O)C(NC(=O)OC)C(C)C)[nH]4)cc3)cc2)[nH]1.CNCC(N)=O.COC=O. The minimum absolute atomic E-state index is 0.0814. The van der Waals surface area contributed by atoms with Gasteiger partial charge in [-0.15, -0.1) is 0 Å². The van der Waals surface area contributed by atoms with E-state index in [0.717, 1.165) is 64.6 Å². The molecule has 0 radical (unpaired) electrons. The van der Waals surface area contributed by atoms with E-state index in [1.165, 1.54) is 20.6 Å². The molecule has 0 saturated carbocycles. The van der Waals surface area contributed by atoms with Gasteiger partial charge in [0.15, 0.2) is 0 Å². The Balaban J connectivity index is 0.000000698. The largest absolute Gasteiger partial charge is 0.471 e. The fraction of sp³-hybridized carbons (Fsp3) is 0.415. The Morgan fingerprint density at radius 3 is 1.89 bits per heavy atom. The molecule has 1 aliphatic rings. The van der Waals surface area contributed by atoms with E-state index >= 15 is 0 Å². The summed E-state index contributed by atoms with van der Waals surface area (Å²) in [4.78, 5) is 61.5. The Bertz CT molecular complexity index is 1820. The van der Waals surface area contributed by atoms with Crippen molar-refractivity contribution in [2.45, 2.75) is 72.4 Å². The van der Waals surface area contributed by atoms with Crippen molar-refractivity contribution in [2.24, 2.45) is 11.7 Å². The van der Waals surface area contributed by atoms with E-state index in [4.69, 9.17) is 15.3 Å². The predicted molar refractivity (Wildman–Crippen MR) is 213 cm³/mol. The van der Waals surface area contributed by atoms with Crippen molar-refractivity contribution in [3.05, 3.63) is 83.7 Å². The highest BCUT2D eigenvalue weighted by Gasteiger charge is 2.37. The average molecular weight is 757 g/mol. The van der Waals surface area contributed by atoms with Crippen molar-refractivity contribution < 1.29 is 28.7 Å². The first-order chi connectivity index (χ1) is 26.5. The topological polar surface area (TPSA) is 197 Å². The normalized spacial score (nSPS) is 13.3. The van der Waals surface area contributed by atoms with Crippen LogP contribution >= 0.6 is 0 Å². The number of hydrogen-bond acceptors (Lipinski definition) is 9. The van der Waals surface area contributed by atoms with E-state index in [1.807, 2.05) is 73.5 Å². The summed E-state index contributed by atoms with van der Waals surface area (Å²) in [6.07, 6.45) is 6.85. The van der Waals surface area contributed by atoms with Gasteiger partial charge in [-0.2, -0.15) is 0 Å². The molecule has 2 aromatic carbocycles. The van der Waals surface area contributed by atoms with Crippen molar-refractivity contribution >= 4 is 24.4 Å². The first kappa shape index (κ1) is 45.2. The molecule has 2 aromatic heterocycles. The highest BCUT2D eigenvalue weighted by molar-refractivity contribution is 5.86. The number of amides is 3. The predicted octanol–water partition coefficient (Wildman–Crippen LogP) is 5.37. The number of likely N-dealkylation sites (N-methyl/N-ethyl adjacent to an activating group) is 1. The van der Waals surface area contributed by atoms with E-state index in [0.29, 0.717) is 13.0 Å². The Hall–Kier alpha value is -5.94. The van der Waals surface area contributed by atoms with Gasteiger partial charge in [0.1, 0.15) is 17.7 Å². The first-order valence-corrected chi connectivity index (χ1v) is 18.3. The second-order valence-corrected chi connectivity index (χ2v) is 12.8. The van der Waals surface area contributed by atoms with Crippen LogP contribution in [0, 0.1) is 17.8 Å². The molecule has 0 bridgehead atoms. The molecule has 296 valence electrons. The molecule has 0 aliphatic carbocycles. The van der Waals surface area contributed by atoms with Gasteiger partial charge in [-0.3, -0.25) is 14.4 Å². The van der Waals surface area contributed by atoms with Crippen LogP contribution in [0.15, 0.2) is 60.9 Å². The second kappa shape index (κ2) is 24.4. The number of aromatic amines is 2. The molecular weight excluding hydrogens is 701 g/mol. The molecule has 2 unspecified atom stereocenters. The molecule has 4 aromatic rings. The molecule has 6 N–H and O–H groups in total. The average Bonchev–Trinajstić information content (AvgIpc) is 3.98. The third-order valence-corrected chi connectivity index (χ3v) is 7.99. The summed E-state index contributed by atoms with van der Waals surface area (Å²) >= 11 is 0. The number of imidazole rings is 2. The number of primary amides is 1. The number of methoxy groups -OCH3 is 2. The maximum Gasteiger partial charge on any atom is 0.407 e. The third kappa shape index (κ3) is 14.8. The van der Waals surface area contributed by atoms with Crippen molar-refractivity contribution in [1.29, 1.82) is 0 Å². The van der Waals surface area contributed by atoms with Gasteiger partial charge in [0.2, 0.25) is 11.8 Å². The van der Waals surface area contributed by atoms with E-state index in [1.54, 1.807) is 13.2 Å². The fourth-order valence-electron chi connectivity index (χ4n) is 5.32. The van der Waals surface area contributed by atoms with Gasteiger partial charge in [-0.05, 0) is 61.2 Å². The summed E-state index contributed by atoms with van der Waals surface area (Å²) in [7, 11) is 4.28. The van der Waals surface area contributed by atoms with Crippen molar-refractivity contribution in [1.82, 2.24) is 35.5 Å². The summed E-state index contributed by atoms with van der Waals surface area (Å²) < 4.78 is 8.59. The molecule has 1 saturated heterocycles. The lowest BCUT2D eigenvalue weighted by Gasteiger charge is -2.30. The molecule has 2 atom stereocenters. The second-order valence-electron chi connectivity index (χ2n) is 12.8. The summed E-state index contributed by atoms with van der Waals surface area (Å²) in [5.74, 6) is 7.66. The zero-order valence-electron chi connectivity index (χ0n) is 33.2. The molecule has 14 nitrogen and oxygen atoms in total. The van der Waals surface area contributed by atoms with Crippen LogP contribution in [0.3, 0.4) is 0 Å². The molecule has 1 aliphatic heterocycles. The molecular formula is C41H56N8O6. The number of nitrogens with two attached hydrogens (primary N) is 1. The van der Waals surface area contributed by atoms with Crippen LogP contribution in [0.4, 0.5) is 4.79 Å². The minimum atomic E-state index is -0.663. The van der Waals surface area contributed by atoms with Gasteiger partial charge in [-0.25, -0.2) is 14.8 Å². The third-order valence-electron chi connectivity index (χ3n) is 7.99. The Morgan fingerprint density at radius 2 is 1.47 bits per heavy atom. The van der Waals surface area contributed by atoms with Crippen LogP contribution in [0.1, 0.15) is 82.7 Å². The molecule has 3 amide bonds. The molecule has 14 heteroatoms. The summed E-state index contributed by atoms with van der Waals surface area (Å²) in [6.45, 7) is 11.4. The number of nitrogens with zero attached hydrogens (tertiary/aromatic N) is 3. The van der Waals surface area contributed by atoms with Crippen molar-refractivity contribution in [2.75, 3.05) is 34.4 Å². The standard InChI is InChI=1S/C33H36N6O3.C3H8N2O.C3H8.C2H4O2/c1-5-29-34-19-26(36-29)24-14-10-22(11-15-24)8-9-23-12-16-25(17-13-23)27-20-35-31(37-27)28-7-6-18-39(28)32(40)30(21(2)3)38-33(41)42-4;1-5-2-3(4)6;1-3-2;1-4-2-3/h10-17,19-21,28,30H,5-7,18H2,1-4H3,(H,34,36)(H,35,37)(H,38,41);5H,2H2,1H3,(H2,4,6);3H2,1-2H3;2H,1H3. The zero-order valence-corrected chi connectivity index (χ0v) is 33.2. The van der Waals surface area contributed by atoms with Gasteiger partial charge in [0, 0.05) is 24.1 Å². The molecule has 1 fully saturated rings. The van der Waals surface area contributed by atoms with Crippen molar-refractivity contribution in [3.8, 4) is 34.4 Å². The number of H-pyrrole nitrogens is 2. The van der Waals surface area contributed by atoms with Gasteiger partial charge < -0.3 is 40.7 Å². The van der Waals surface area contributed by atoms with Crippen LogP contribution in [-0.4, -0.2) is 89.6 Å². The highest BCUT2D eigenvalue weighted by Crippen LogP contribution is 2.32. The molecule has 3 heterocycles. The number of rotatable bonds is 10. The zero-order chi connectivity index (χ0) is 40.8. The van der Waals surface area contributed by atoms with Crippen molar-refractivity contribution in [3.63, 3.8) is 0 Å². The summed E-state index contributed by atoms with van der Waals surface area (Å²) in [6, 6.07) is 15.3. The highest BCUT2D eigenvalue weighted by atomic mass is 16.5. The van der Waals surface area contributed by atoms with Crippen LogP contribution in [0.2, 0.25) is 0 Å². The van der Waals surface area contributed by atoms with Gasteiger partial charge in [0.25, 0.3) is 6.47 Å². The van der Waals surface area contributed by atoms with Gasteiger partial charge in [0.05, 0.1) is 50.6 Å². The number of likely N-dealkylation sites (tertiary alicyclic amines) is 1. The van der Waals surface area contributed by atoms with E-state index in [9.17, 15) is 14.4 Å². The molecule has 5 rings (SSSR count). The number of aromatic nitrogens is 4. The Kier molecular flexibility index (Phi) is 20.1. The molecule has 55 heavy (non-hydrogen) atoms. The number of nitrogens with one attached hydrogen (secondary N) is 4. The summed E-state index contributed by atoms with van der Waals surface area (Å²) in [5.41, 5.74) is 10.5. The van der Waals surface area contributed by atoms with E-state index < -0.39 is 12.1 Å². The lowest BCUT2D eigenvalue weighted by Crippen LogP contribution is -2.51. The van der Waals surface area contributed by atoms with Crippen LogP contribution in [0.5, 0.6) is 0 Å². The number of aryl methyl sites for hydroxylation is 1. The number of ether oxygens (including phenoxy) is 2. The first-order valence-electron chi connectivity index (χ1n) is 18.3.